The number of hydrogen-bond donors (Lipinski definition) is 2. The molecule has 0 saturated heterocycles. The van der Waals surface area contributed by atoms with Crippen LogP contribution in [0.25, 0.3) is 0 Å². The fraction of sp³-hybridized carbons (Fsp3) is 0.500. The lowest BCUT2D eigenvalue weighted by Crippen LogP contribution is -2.38. The number of hydrogen-bond acceptors (Lipinski definition) is 3. The van der Waals surface area contributed by atoms with Crippen molar-refractivity contribution in [2.75, 3.05) is 25.1 Å². The van der Waals surface area contributed by atoms with Gasteiger partial charge in [-0.1, -0.05) is 6.07 Å². The summed E-state index contributed by atoms with van der Waals surface area (Å²) in [5, 5.41) is 6.09. The zero-order valence-corrected chi connectivity index (χ0v) is 13.4. The van der Waals surface area contributed by atoms with Crippen molar-refractivity contribution in [2.45, 2.75) is 20.1 Å². The van der Waals surface area contributed by atoms with Gasteiger partial charge < -0.3 is 15.4 Å². The zero-order chi connectivity index (χ0) is 16.4. The Kier molecular flexibility index (Phi) is 8.57. The van der Waals surface area contributed by atoms with Crippen molar-refractivity contribution in [3.63, 3.8) is 0 Å². The number of guanidine groups is 1. The van der Waals surface area contributed by atoms with E-state index in [1.54, 1.807) is 11.8 Å². The first-order chi connectivity index (χ1) is 10.6. The normalized spacial score (nSPS) is 11.6. The van der Waals surface area contributed by atoms with E-state index in [2.05, 4.69) is 20.4 Å². The van der Waals surface area contributed by atoms with Gasteiger partial charge in [-0.05, 0) is 25.3 Å². The van der Waals surface area contributed by atoms with Gasteiger partial charge in [0.05, 0.1) is 12.1 Å². The van der Waals surface area contributed by atoms with Gasteiger partial charge in [0, 0.05) is 18.8 Å². The molecule has 0 atom stereocenters. The number of thioether (sulfide) groups is 1. The molecule has 0 aliphatic rings. The molecule has 0 spiro atoms. The van der Waals surface area contributed by atoms with Crippen molar-refractivity contribution in [1.82, 2.24) is 10.6 Å². The van der Waals surface area contributed by atoms with Crippen LogP contribution in [0.1, 0.15) is 12.5 Å². The first-order valence-electron chi connectivity index (χ1n) is 6.81. The Hall–Kier alpha value is -1.57. The van der Waals surface area contributed by atoms with E-state index in [0.29, 0.717) is 19.0 Å². The van der Waals surface area contributed by atoms with Crippen molar-refractivity contribution in [3.8, 4) is 5.75 Å². The third-order valence-electron chi connectivity index (χ3n) is 2.63. The lowest BCUT2D eigenvalue weighted by atomic mass is 10.2. The second-order valence-corrected chi connectivity index (χ2v) is 5.20. The molecule has 4 nitrogen and oxygen atoms in total. The van der Waals surface area contributed by atoms with Crippen molar-refractivity contribution >= 4 is 17.7 Å². The third kappa shape index (κ3) is 6.46. The molecule has 0 amide bonds. The van der Waals surface area contributed by atoms with Crippen LogP contribution in [0.2, 0.25) is 0 Å². The van der Waals surface area contributed by atoms with Gasteiger partial charge >= 0.3 is 6.61 Å². The Labute approximate surface area is 132 Å². The number of aliphatic imine (C=N–C) groups is 1. The number of benzene rings is 1. The molecular weight excluding hydrogens is 315 g/mol. The Morgan fingerprint density at radius 2 is 2.14 bits per heavy atom. The van der Waals surface area contributed by atoms with Crippen LogP contribution in [0.3, 0.4) is 0 Å². The predicted octanol–water partition coefficient (Wildman–Crippen LogP) is 2.85. The van der Waals surface area contributed by atoms with Gasteiger partial charge in [-0.2, -0.15) is 20.5 Å². The highest BCUT2D eigenvalue weighted by Crippen LogP contribution is 2.24. The van der Waals surface area contributed by atoms with Crippen LogP contribution < -0.4 is 15.4 Å². The standard InChI is InChI=1S/C14H20F3N3OS/c1-3-18-14(19-7-8-22-2)20-9-10-11(15)5-4-6-12(10)21-13(16)17/h4-6,13H,3,7-9H2,1-2H3,(H2,18,19,20). The first-order valence-corrected chi connectivity index (χ1v) is 8.21. The fourth-order valence-electron chi connectivity index (χ4n) is 1.67. The van der Waals surface area contributed by atoms with Gasteiger partial charge in [0.25, 0.3) is 0 Å². The van der Waals surface area contributed by atoms with Gasteiger partial charge in [0.2, 0.25) is 0 Å². The van der Waals surface area contributed by atoms with Crippen molar-refractivity contribution < 1.29 is 17.9 Å². The summed E-state index contributed by atoms with van der Waals surface area (Å²) in [6.45, 7) is 0.147. The molecular formula is C14H20F3N3OS. The number of nitrogens with zero attached hydrogens (tertiary/aromatic N) is 1. The van der Waals surface area contributed by atoms with E-state index >= 15 is 0 Å². The smallest absolute Gasteiger partial charge is 0.387 e. The summed E-state index contributed by atoms with van der Waals surface area (Å²) in [5.41, 5.74) is 0.00451. The van der Waals surface area contributed by atoms with Gasteiger partial charge in [-0.15, -0.1) is 0 Å². The van der Waals surface area contributed by atoms with E-state index in [4.69, 9.17) is 0 Å². The fourth-order valence-corrected chi connectivity index (χ4v) is 1.98. The predicted molar refractivity (Wildman–Crippen MR) is 84.2 cm³/mol. The molecule has 22 heavy (non-hydrogen) atoms. The maximum Gasteiger partial charge on any atom is 0.387 e. The third-order valence-corrected chi connectivity index (χ3v) is 3.24. The maximum absolute atomic E-state index is 13.8. The van der Waals surface area contributed by atoms with E-state index < -0.39 is 12.4 Å². The summed E-state index contributed by atoms with van der Waals surface area (Å²) in [6.07, 6.45) is 1.99. The van der Waals surface area contributed by atoms with Crippen LogP contribution >= 0.6 is 11.8 Å². The monoisotopic (exact) mass is 335 g/mol. The molecule has 0 unspecified atom stereocenters. The summed E-state index contributed by atoms with van der Waals surface area (Å²) in [4.78, 5) is 4.20. The summed E-state index contributed by atoms with van der Waals surface area (Å²) in [7, 11) is 0. The number of halogens is 3. The molecule has 0 aliphatic heterocycles. The molecule has 0 radical (unpaired) electrons. The first kappa shape index (κ1) is 18.5. The van der Waals surface area contributed by atoms with Crippen LogP contribution in [0.4, 0.5) is 13.2 Å². The SMILES string of the molecule is CCNC(=NCc1c(F)cccc1OC(F)F)NCCSC. The summed E-state index contributed by atoms with van der Waals surface area (Å²) < 4.78 is 42.8. The van der Waals surface area contributed by atoms with E-state index in [1.165, 1.54) is 18.2 Å². The van der Waals surface area contributed by atoms with Gasteiger partial charge in [0.1, 0.15) is 11.6 Å². The van der Waals surface area contributed by atoms with Crippen LogP contribution in [0.5, 0.6) is 5.75 Å². The Bertz CT molecular complexity index is 486. The van der Waals surface area contributed by atoms with Crippen LogP contribution in [0, 0.1) is 5.82 Å². The molecule has 0 aromatic heterocycles. The van der Waals surface area contributed by atoms with Crippen molar-refractivity contribution in [3.05, 3.63) is 29.6 Å². The van der Waals surface area contributed by atoms with Gasteiger partial charge in [-0.3, -0.25) is 0 Å². The number of rotatable bonds is 8. The largest absolute Gasteiger partial charge is 0.434 e. The molecule has 1 rings (SSSR count). The molecule has 1 aromatic rings. The molecule has 0 saturated carbocycles. The van der Waals surface area contributed by atoms with Gasteiger partial charge in [0.15, 0.2) is 5.96 Å². The Morgan fingerprint density at radius 1 is 1.36 bits per heavy atom. The molecule has 8 heteroatoms. The topological polar surface area (TPSA) is 45.7 Å². The minimum absolute atomic E-state index is 0.00451. The second kappa shape index (κ2) is 10.2. The van der Waals surface area contributed by atoms with Crippen molar-refractivity contribution in [1.29, 1.82) is 0 Å². The lowest BCUT2D eigenvalue weighted by molar-refractivity contribution is -0.0506. The molecule has 124 valence electrons. The Morgan fingerprint density at radius 3 is 2.77 bits per heavy atom. The van der Waals surface area contributed by atoms with E-state index in [1.807, 2.05) is 13.2 Å². The summed E-state index contributed by atoms with van der Waals surface area (Å²) in [6, 6.07) is 3.81. The molecule has 2 N–H and O–H groups in total. The summed E-state index contributed by atoms with van der Waals surface area (Å²) in [5.74, 6) is 0.576. The van der Waals surface area contributed by atoms with Crippen LogP contribution in [0.15, 0.2) is 23.2 Å². The van der Waals surface area contributed by atoms with Crippen LogP contribution in [-0.2, 0) is 6.54 Å². The lowest BCUT2D eigenvalue weighted by Gasteiger charge is -2.13. The highest BCUT2D eigenvalue weighted by atomic mass is 32.2. The number of alkyl halides is 2. The highest BCUT2D eigenvalue weighted by molar-refractivity contribution is 7.98. The van der Waals surface area contributed by atoms with E-state index in [9.17, 15) is 13.2 Å². The molecule has 1 aromatic carbocycles. The minimum atomic E-state index is -3.00. The number of nitrogens with one attached hydrogen (secondary N) is 2. The minimum Gasteiger partial charge on any atom is -0.434 e. The van der Waals surface area contributed by atoms with Gasteiger partial charge in [-0.25, -0.2) is 9.38 Å². The molecule has 0 fully saturated rings. The van der Waals surface area contributed by atoms with E-state index in [0.717, 1.165) is 5.75 Å². The zero-order valence-electron chi connectivity index (χ0n) is 12.5. The molecule has 0 heterocycles. The highest BCUT2D eigenvalue weighted by Gasteiger charge is 2.13. The van der Waals surface area contributed by atoms with Crippen molar-refractivity contribution in [2.24, 2.45) is 4.99 Å². The molecule has 0 bridgehead atoms. The quantitative estimate of drug-likeness (QED) is 0.436. The Balaban J connectivity index is 2.83. The summed E-state index contributed by atoms with van der Waals surface area (Å²) >= 11 is 1.68. The van der Waals surface area contributed by atoms with E-state index in [-0.39, 0.29) is 17.9 Å². The molecule has 0 aliphatic carbocycles. The average Bonchev–Trinajstić information content (AvgIpc) is 2.46. The number of ether oxygens (including phenoxy) is 1. The average molecular weight is 335 g/mol. The second-order valence-electron chi connectivity index (χ2n) is 4.21. The maximum atomic E-state index is 13.8. The van der Waals surface area contributed by atoms with Crippen LogP contribution in [-0.4, -0.2) is 37.7 Å².